The highest BCUT2D eigenvalue weighted by Gasteiger charge is 2.49. The van der Waals surface area contributed by atoms with Crippen molar-refractivity contribution in [2.24, 2.45) is 35.5 Å². The molecule has 0 radical (unpaired) electrons. The van der Waals surface area contributed by atoms with Gasteiger partial charge in [0, 0.05) is 10.0 Å². The van der Waals surface area contributed by atoms with E-state index in [1.807, 2.05) is 24.3 Å². The van der Waals surface area contributed by atoms with Crippen LogP contribution >= 0.6 is 39.5 Å². The minimum absolute atomic E-state index is 0.0169. The van der Waals surface area contributed by atoms with Gasteiger partial charge in [-0.3, -0.25) is 4.57 Å². The molecule has 2 aliphatic rings. The maximum absolute atomic E-state index is 15.5. The van der Waals surface area contributed by atoms with E-state index in [9.17, 15) is 4.79 Å². The Labute approximate surface area is 262 Å². The number of furan rings is 1. The number of hydrogen-bond acceptors (Lipinski definition) is 6. The molecule has 2 fully saturated rings. The Kier molecular flexibility index (Phi) is 11.5. The highest BCUT2D eigenvalue weighted by atomic mass is 79.9. The maximum Gasteiger partial charge on any atom is 0.376 e. The molecular formula is C32H45Br2O6P. The predicted octanol–water partition coefficient (Wildman–Crippen LogP) is 10.8. The maximum atomic E-state index is 15.5. The molecule has 228 valence electrons. The molecule has 0 bridgehead atoms. The summed E-state index contributed by atoms with van der Waals surface area (Å²) in [7, 11) is -4.09. The molecule has 0 saturated heterocycles. The number of hydrogen-bond donors (Lipinski definition) is 0. The van der Waals surface area contributed by atoms with Crippen molar-refractivity contribution in [1.82, 2.24) is 0 Å². The van der Waals surface area contributed by atoms with Gasteiger partial charge in [0.1, 0.15) is 0 Å². The first-order valence-corrected chi connectivity index (χ1v) is 18.2. The van der Waals surface area contributed by atoms with Crippen LogP contribution in [0.15, 0.2) is 50.0 Å². The molecule has 6 nitrogen and oxygen atoms in total. The zero-order valence-corrected chi connectivity index (χ0v) is 29.1. The summed E-state index contributed by atoms with van der Waals surface area (Å²) in [5.41, 5.74) is 0.561. The number of benzene rings is 1. The Morgan fingerprint density at radius 1 is 0.829 bits per heavy atom. The minimum atomic E-state index is -4.09. The molecule has 9 heteroatoms. The van der Waals surface area contributed by atoms with Gasteiger partial charge in [-0.15, -0.1) is 0 Å². The van der Waals surface area contributed by atoms with Crippen LogP contribution < -0.4 is 0 Å². The van der Waals surface area contributed by atoms with E-state index in [1.54, 1.807) is 6.07 Å². The van der Waals surface area contributed by atoms with Gasteiger partial charge < -0.3 is 18.2 Å². The molecule has 0 aliphatic heterocycles. The van der Waals surface area contributed by atoms with Crippen molar-refractivity contribution in [2.75, 3.05) is 0 Å². The summed E-state index contributed by atoms with van der Waals surface area (Å²) in [5, 5.41) is 0. The lowest BCUT2D eigenvalue weighted by molar-refractivity contribution is -0.0213. The van der Waals surface area contributed by atoms with Crippen molar-refractivity contribution in [3.8, 4) is 0 Å². The average Bonchev–Trinajstić information content (AvgIpc) is 3.34. The number of carbonyl (C=O) groups is 1. The van der Waals surface area contributed by atoms with Crippen LogP contribution in [0.1, 0.15) is 102 Å². The Bertz CT molecular complexity index is 1160. The first kappa shape index (κ1) is 33.0. The second-order valence-electron chi connectivity index (χ2n) is 12.9. The lowest BCUT2D eigenvalue weighted by Gasteiger charge is -2.43. The van der Waals surface area contributed by atoms with Crippen LogP contribution in [0.2, 0.25) is 0 Å². The smallest absolute Gasteiger partial charge is 0.376 e. The summed E-state index contributed by atoms with van der Waals surface area (Å²) < 4.78 is 41.9. The molecule has 2 aliphatic carbocycles. The topological polar surface area (TPSA) is 75.0 Å². The molecule has 2 aromatic rings. The zero-order chi connectivity index (χ0) is 29.9. The molecule has 0 N–H and O–H groups in total. The molecule has 4 rings (SSSR count). The fourth-order valence-electron chi connectivity index (χ4n) is 6.51. The highest BCUT2D eigenvalue weighted by molar-refractivity contribution is 9.10. The SMILES string of the molecule is CC(C)[C@H]1CC[C@@H](C)C[C@H]1OP(=O)(O[C@@H]1C[C@H](C)CC[C@H]1C(C)C)[C@H](OC(=O)c1ccc(Br)o1)c1ccc(Br)cc1. The molecule has 1 unspecified atom stereocenters. The van der Waals surface area contributed by atoms with E-state index in [0.717, 1.165) is 43.0 Å². The van der Waals surface area contributed by atoms with E-state index in [4.69, 9.17) is 18.2 Å². The Balaban J connectivity index is 1.79. The van der Waals surface area contributed by atoms with Gasteiger partial charge in [0.15, 0.2) is 4.67 Å². The van der Waals surface area contributed by atoms with Crippen LogP contribution in [0.3, 0.4) is 0 Å². The number of halogens is 2. The van der Waals surface area contributed by atoms with E-state index in [0.29, 0.717) is 33.9 Å². The van der Waals surface area contributed by atoms with Crippen LogP contribution in [-0.2, 0) is 18.3 Å². The Morgan fingerprint density at radius 2 is 1.34 bits per heavy atom. The van der Waals surface area contributed by atoms with Crippen molar-refractivity contribution < 1.29 is 27.6 Å². The number of rotatable bonds is 10. The van der Waals surface area contributed by atoms with Gasteiger partial charge in [0.05, 0.1) is 12.2 Å². The second kappa shape index (κ2) is 14.2. The van der Waals surface area contributed by atoms with Gasteiger partial charge in [-0.05, 0) is 101 Å². The molecule has 0 spiro atoms. The summed E-state index contributed by atoms with van der Waals surface area (Å²) in [6.07, 6.45) is 5.27. The van der Waals surface area contributed by atoms with Crippen LogP contribution in [-0.4, -0.2) is 18.2 Å². The highest BCUT2D eigenvalue weighted by Crippen LogP contribution is 2.66. The van der Waals surface area contributed by atoms with Gasteiger partial charge in [-0.1, -0.05) is 82.4 Å². The molecular weight excluding hydrogens is 671 g/mol. The van der Waals surface area contributed by atoms with E-state index in [-0.39, 0.29) is 29.8 Å². The summed E-state index contributed by atoms with van der Waals surface area (Å²) in [6.45, 7) is 13.2. The van der Waals surface area contributed by atoms with E-state index in [2.05, 4.69) is 73.4 Å². The third kappa shape index (κ3) is 8.38. The van der Waals surface area contributed by atoms with Gasteiger partial charge in [0.2, 0.25) is 11.6 Å². The normalized spacial score (nSPS) is 29.3. The largest absolute Gasteiger partial charge is 0.442 e. The first-order chi connectivity index (χ1) is 19.4. The Morgan fingerprint density at radius 3 is 1.78 bits per heavy atom. The van der Waals surface area contributed by atoms with Crippen molar-refractivity contribution in [3.63, 3.8) is 0 Å². The molecule has 1 aromatic heterocycles. The third-order valence-corrected chi connectivity index (χ3v) is 12.0. The molecule has 2 saturated carbocycles. The van der Waals surface area contributed by atoms with E-state index in [1.165, 1.54) is 6.07 Å². The average molecular weight is 716 g/mol. The van der Waals surface area contributed by atoms with Crippen LogP contribution in [0.4, 0.5) is 0 Å². The first-order valence-electron chi connectivity index (χ1n) is 15.0. The minimum Gasteiger partial charge on any atom is -0.442 e. The van der Waals surface area contributed by atoms with Crippen molar-refractivity contribution in [1.29, 1.82) is 0 Å². The summed E-state index contributed by atoms with van der Waals surface area (Å²) in [6, 6.07) is 10.5. The quantitative estimate of drug-likeness (QED) is 0.180. The van der Waals surface area contributed by atoms with Gasteiger partial charge >= 0.3 is 13.6 Å². The van der Waals surface area contributed by atoms with Crippen LogP contribution in [0.25, 0.3) is 0 Å². The number of esters is 1. The number of ether oxygens (including phenoxy) is 1. The summed E-state index contributed by atoms with van der Waals surface area (Å²) >= 11 is 6.75. The van der Waals surface area contributed by atoms with E-state index >= 15 is 4.57 Å². The van der Waals surface area contributed by atoms with Crippen molar-refractivity contribution >= 4 is 45.4 Å². The number of carbonyl (C=O) groups excluding carboxylic acids is 1. The molecule has 8 atom stereocenters. The second-order valence-corrected chi connectivity index (χ2v) is 16.6. The van der Waals surface area contributed by atoms with Crippen molar-refractivity contribution in [3.05, 3.63) is 56.9 Å². The molecule has 41 heavy (non-hydrogen) atoms. The standard InChI is InChI=1S/C32H45Br2O6P/c1-19(2)25-13-7-21(5)17-28(25)39-41(36,40-29-18-22(6)8-14-26(29)20(3)4)32(23-9-11-24(33)12-10-23)38-31(35)27-15-16-30(34)37-27/h9-12,15-16,19-22,25-26,28-29,32H,7-8,13-14,17-18H2,1-6H3/t21-,22-,25-,26+,28-,29-,32+,41?/m1/s1. The fourth-order valence-corrected chi connectivity index (χ4v) is 9.35. The van der Waals surface area contributed by atoms with Gasteiger partial charge in [-0.2, -0.15) is 0 Å². The summed E-state index contributed by atoms with van der Waals surface area (Å²) in [5.74, 6) is 0.109. The fraction of sp³-hybridized carbons (Fsp3) is 0.656. The predicted molar refractivity (Wildman–Crippen MR) is 169 cm³/mol. The Hall–Kier alpha value is -0.920. The van der Waals surface area contributed by atoms with E-state index < -0.39 is 19.4 Å². The zero-order valence-electron chi connectivity index (χ0n) is 25.1. The molecule has 1 heterocycles. The lowest BCUT2D eigenvalue weighted by atomic mass is 9.75. The van der Waals surface area contributed by atoms with Crippen molar-refractivity contribution in [2.45, 2.75) is 98.1 Å². The molecule has 0 amide bonds. The monoisotopic (exact) mass is 714 g/mol. The van der Waals surface area contributed by atoms with Crippen LogP contribution in [0, 0.1) is 35.5 Å². The van der Waals surface area contributed by atoms with Gasteiger partial charge in [-0.25, -0.2) is 4.79 Å². The third-order valence-electron chi connectivity index (χ3n) is 8.92. The lowest BCUT2D eigenvalue weighted by Crippen LogP contribution is -2.37. The van der Waals surface area contributed by atoms with Gasteiger partial charge in [0.25, 0.3) is 0 Å². The summed E-state index contributed by atoms with van der Waals surface area (Å²) in [4.78, 5) is 13.4. The molecule has 1 aromatic carbocycles. The van der Waals surface area contributed by atoms with Crippen LogP contribution in [0.5, 0.6) is 0 Å².